The van der Waals surface area contributed by atoms with Crippen LogP contribution in [0.4, 0.5) is 0 Å². The molecule has 0 rings (SSSR count). The normalized spacial score (nSPS) is 12.0. The number of nitrogens with one attached hydrogen (secondary N) is 1. The minimum Gasteiger partial charge on any atom is -0.399 e. The van der Waals surface area contributed by atoms with Gasteiger partial charge in [-0.05, 0) is 19.8 Å². The van der Waals surface area contributed by atoms with E-state index in [4.69, 9.17) is 21.1 Å². The first-order chi connectivity index (χ1) is 10.3. The summed E-state index contributed by atoms with van der Waals surface area (Å²) in [6, 6.07) is 0. The van der Waals surface area contributed by atoms with E-state index in [-0.39, 0.29) is 12.0 Å². The standard InChI is InChI=1S/C15H32N4O3/c1-12(2)9-15(20)18-10-14(16)11-19(17)5-6-21-7-8-22-13(3)4/h11-13H,5-10,16-17H2,1-4H3,(H,18,20)/b14-11-. The van der Waals surface area contributed by atoms with Crippen molar-refractivity contribution >= 4 is 5.91 Å². The first kappa shape index (κ1) is 20.7. The van der Waals surface area contributed by atoms with Crippen molar-refractivity contribution in [3.63, 3.8) is 0 Å². The van der Waals surface area contributed by atoms with E-state index in [0.29, 0.717) is 50.9 Å². The summed E-state index contributed by atoms with van der Waals surface area (Å²) >= 11 is 0. The van der Waals surface area contributed by atoms with Crippen LogP contribution in [0.2, 0.25) is 0 Å². The van der Waals surface area contributed by atoms with Gasteiger partial charge < -0.3 is 25.5 Å². The van der Waals surface area contributed by atoms with Crippen molar-refractivity contribution in [2.45, 2.75) is 40.2 Å². The van der Waals surface area contributed by atoms with Gasteiger partial charge >= 0.3 is 0 Å². The highest BCUT2D eigenvalue weighted by Gasteiger charge is 2.04. The largest absolute Gasteiger partial charge is 0.399 e. The van der Waals surface area contributed by atoms with Crippen molar-refractivity contribution in [2.24, 2.45) is 17.5 Å². The summed E-state index contributed by atoms with van der Waals surface area (Å²) in [5.41, 5.74) is 6.31. The number of carbonyl (C=O) groups is 1. The molecule has 0 aliphatic heterocycles. The maximum Gasteiger partial charge on any atom is 0.220 e. The van der Waals surface area contributed by atoms with Gasteiger partial charge in [-0.2, -0.15) is 0 Å². The molecule has 0 aromatic rings. The fourth-order valence-corrected chi connectivity index (χ4v) is 1.58. The van der Waals surface area contributed by atoms with Crippen LogP contribution in [0.25, 0.3) is 0 Å². The first-order valence-corrected chi connectivity index (χ1v) is 7.74. The zero-order chi connectivity index (χ0) is 17.0. The zero-order valence-electron chi connectivity index (χ0n) is 14.3. The number of amides is 1. The van der Waals surface area contributed by atoms with Crippen LogP contribution < -0.4 is 16.9 Å². The number of rotatable bonds is 12. The fourth-order valence-electron chi connectivity index (χ4n) is 1.58. The van der Waals surface area contributed by atoms with Gasteiger partial charge in [-0.25, -0.2) is 5.84 Å². The third-order valence-electron chi connectivity index (χ3n) is 2.59. The molecule has 0 spiro atoms. The molecule has 0 bridgehead atoms. The maximum atomic E-state index is 11.5. The average molecular weight is 316 g/mol. The lowest BCUT2D eigenvalue weighted by molar-refractivity contribution is -0.121. The van der Waals surface area contributed by atoms with Gasteiger partial charge in [-0.15, -0.1) is 0 Å². The molecule has 0 saturated heterocycles. The minimum atomic E-state index is -0.0107. The smallest absolute Gasteiger partial charge is 0.220 e. The lowest BCUT2D eigenvalue weighted by Gasteiger charge is -2.16. The number of ether oxygens (including phenoxy) is 2. The van der Waals surface area contributed by atoms with E-state index in [2.05, 4.69) is 5.32 Å². The summed E-state index contributed by atoms with van der Waals surface area (Å²) in [6.07, 6.45) is 2.30. The second-order valence-corrected chi connectivity index (χ2v) is 5.85. The Morgan fingerprint density at radius 2 is 1.91 bits per heavy atom. The molecule has 0 aromatic carbocycles. The summed E-state index contributed by atoms with van der Waals surface area (Å²) in [5.74, 6) is 6.09. The Bertz CT molecular complexity index is 333. The second-order valence-electron chi connectivity index (χ2n) is 5.85. The first-order valence-electron chi connectivity index (χ1n) is 7.74. The topological polar surface area (TPSA) is 103 Å². The predicted molar refractivity (Wildman–Crippen MR) is 87.5 cm³/mol. The quantitative estimate of drug-likeness (QED) is 0.276. The Balaban J connectivity index is 3.74. The highest BCUT2D eigenvalue weighted by molar-refractivity contribution is 5.76. The van der Waals surface area contributed by atoms with Gasteiger partial charge in [-0.1, -0.05) is 13.8 Å². The summed E-state index contributed by atoms with van der Waals surface area (Å²) in [4.78, 5) is 11.5. The SMILES string of the molecule is CC(C)CC(=O)NC/C(N)=C/N(N)CCOCCOC(C)C. The number of hydrogen-bond acceptors (Lipinski definition) is 6. The van der Waals surface area contributed by atoms with Gasteiger partial charge in [0.1, 0.15) is 0 Å². The molecular formula is C15H32N4O3. The van der Waals surface area contributed by atoms with Gasteiger partial charge in [0.15, 0.2) is 0 Å². The van der Waals surface area contributed by atoms with Crippen molar-refractivity contribution < 1.29 is 14.3 Å². The summed E-state index contributed by atoms with van der Waals surface area (Å²) in [5, 5.41) is 4.20. The van der Waals surface area contributed by atoms with Crippen LogP contribution in [-0.4, -0.2) is 49.9 Å². The average Bonchev–Trinajstić information content (AvgIpc) is 2.39. The Morgan fingerprint density at radius 1 is 1.23 bits per heavy atom. The summed E-state index contributed by atoms with van der Waals surface area (Å²) in [7, 11) is 0. The summed E-state index contributed by atoms with van der Waals surface area (Å²) in [6.45, 7) is 10.4. The monoisotopic (exact) mass is 316 g/mol. The van der Waals surface area contributed by atoms with E-state index in [0.717, 1.165) is 0 Å². The van der Waals surface area contributed by atoms with Crippen molar-refractivity contribution in [2.75, 3.05) is 32.9 Å². The maximum absolute atomic E-state index is 11.5. The molecule has 130 valence electrons. The second kappa shape index (κ2) is 12.3. The molecule has 1 amide bonds. The van der Waals surface area contributed by atoms with E-state index in [1.165, 1.54) is 5.01 Å². The fraction of sp³-hybridized carbons (Fsp3) is 0.800. The van der Waals surface area contributed by atoms with Crippen LogP contribution >= 0.6 is 0 Å². The molecule has 7 heteroatoms. The Kier molecular flexibility index (Phi) is 11.5. The number of carbonyl (C=O) groups excluding carboxylic acids is 1. The third-order valence-corrected chi connectivity index (χ3v) is 2.59. The molecule has 0 heterocycles. The van der Waals surface area contributed by atoms with E-state index in [9.17, 15) is 4.79 Å². The highest BCUT2D eigenvalue weighted by Crippen LogP contribution is 1.98. The minimum absolute atomic E-state index is 0.0107. The van der Waals surface area contributed by atoms with Crippen LogP contribution in [0, 0.1) is 5.92 Å². The number of nitrogens with two attached hydrogens (primary N) is 2. The molecule has 0 radical (unpaired) electrons. The molecule has 0 aliphatic rings. The van der Waals surface area contributed by atoms with E-state index in [1.807, 2.05) is 27.7 Å². The molecule has 7 nitrogen and oxygen atoms in total. The van der Waals surface area contributed by atoms with Gasteiger partial charge in [0.05, 0.1) is 39.0 Å². The van der Waals surface area contributed by atoms with Crippen LogP contribution in [-0.2, 0) is 14.3 Å². The van der Waals surface area contributed by atoms with Gasteiger partial charge in [-0.3, -0.25) is 4.79 Å². The molecule has 0 aromatic heterocycles. The molecule has 0 saturated carbocycles. The van der Waals surface area contributed by atoms with Gasteiger partial charge in [0.25, 0.3) is 0 Å². The van der Waals surface area contributed by atoms with E-state index >= 15 is 0 Å². The molecule has 5 N–H and O–H groups in total. The zero-order valence-corrected chi connectivity index (χ0v) is 14.3. The Labute approximate surface area is 134 Å². The van der Waals surface area contributed by atoms with E-state index in [1.54, 1.807) is 6.20 Å². The van der Waals surface area contributed by atoms with Crippen LogP contribution in [0.5, 0.6) is 0 Å². The van der Waals surface area contributed by atoms with Crippen LogP contribution in [0.1, 0.15) is 34.1 Å². The third kappa shape index (κ3) is 13.7. The highest BCUT2D eigenvalue weighted by atomic mass is 16.5. The van der Waals surface area contributed by atoms with Crippen molar-refractivity contribution in [1.29, 1.82) is 0 Å². The van der Waals surface area contributed by atoms with Gasteiger partial charge in [0.2, 0.25) is 5.91 Å². The van der Waals surface area contributed by atoms with Crippen LogP contribution in [0.3, 0.4) is 0 Å². The number of hydrazine groups is 1. The van der Waals surface area contributed by atoms with Crippen molar-refractivity contribution in [1.82, 2.24) is 10.3 Å². The number of hydrogen-bond donors (Lipinski definition) is 3. The van der Waals surface area contributed by atoms with Crippen molar-refractivity contribution in [3.05, 3.63) is 11.9 Å². The molecule has 0 unspecified atom stereocenters. The molecular weight excluding hydrogens is 284 g/mol. The lowest BCUT2D eigenvalue weighted by Crippen LogP contribution is -2.33. The summed E-state index contributed by atoms with van der Waals surface area (Å²) < 4.78 is 10.7. The van der Waals surface area contributed by atoms with Crippen molar-refractivity contribution in [3.8, 4) is 0 Å². The molecule has 0 atom stereocenters. The molecule has 22 heavy (non-hydrogen) atoms. The van der Waals surface area contributed by atoms with Gasteiger partial charge in [0, 0.05) is 18.3 Å². The molecule has 0 fully saturated rings. The predicted octanol–water partition coefficient (Wildman–Crippen LogP) is 0.566. The molecule has 0 aliphatic carbocycles. The number of nitrogens with zero attached hydrogens (tertiary/aromatic N) is 1. The van der Waals surface area contributed by atoms with Crippen LogP contribution in [0.15, 0.2) is 11.9 Å². The lowest BCUT2D eigenvalue weighted by atomic mass is 10.1. The Morgan fingerprint density at radius 3 is 2.50 bits per heavy atom. The Hall–Kier alpha value is -1.31. The van der Waals surface area contributed by atoms with E-state index < -0.39 is 0 Å².